The summed E-state index contributed by atoms with van der Waals surface area (Å²) in [7, 11) is 0. The fraction of sp³-hybridized carbons (Fsp3) is 0.875. The lowest BCUT2D eigenvalue weighted by Gasteiger charge is -2.25. The van der Waals surface area contributed by atoms with Gasteiger partial charge in [-0.3, -0.25) is 0 Å². The van der Waals surface area contributed by atoms with Crippen molar-refractivity contribution in [2.75, 3.05) is 0 Å². The third-order valence-corrected chi connectivity index (χ3v) is 2.09. The second-order valence-corrected chi connectivity index (χ2v) is 3.04. The number of halogens is 2. The van der Waals surface area contributed by atoms with Crippen LogP contribution in [0.15, 0.2) is 0 Å². The van der Waals surface area contributed by atoms with Crippen LogP contribution in [-0.4, -0.2) is 12.7 Å². The van der Waals surface area contributed by atoms with Crippen molar-refractivity contribution in [3.63, 3.8) is 0 Å². The first-order valence-corrected chi connectivity index (χ1v) is 3.95. The zero-order valence-electron chi connectivity index (χ0n) is 6.43. The van der Waals surface area contributed by atoms with E-state index >= 15 is 0 Å². The molecule has 0 aromatic heterocycles. The highest BCUT2D eigenvalue weighted by molar-refractivity contribution is 4.73. The summed E-state index contributed by atoms with van der Waals surface area (Å²) in [5.74, 6) is 0.438. The Hall–Kier alpha value is -0.180. The van der Waals surface area contributed by atoms with Crippen molar-refractivity contribution >= 4 is 0 Å². The van der Waals surface area contributed by atoms with E-state index in [2.05, 4.69) is 11.7 Å². The summed E-state index contributed by atoms with van der Waals surface area (Å²) in [6.45, 7) is 1.26. The van der Waals surface area contributed by atoms with E-state index in [-0.39, 0.29) is 6.10 Å². The fourth-order valence-corrected chi connectivity index (χ4v) is 1.41. The van der Waals surface area contributed by atoms with Crippen molar-refractivity contribution in [2.24, 2.45) is 5.92 Å². The van der Waals surface area contributed by atoms with Gasteiger partial charge in [0.2, 0.25) is 0 Å². The summed E-state index contributed by atoms with van der Waals surface area (Å²) in [4.78, 5) is 0. The quantitative estimate of drug-likeness (QED) is 0.608. The van der Waals surface area contributed by atoms with Gasteiger partial charge >= 0.3 is 6.61 Å². The Morgan fingerprint density at radius 3 is 2.18 bits per heavy atom. The van der Waals surface area contributed by atoms with Crippen LogP contribution in [0, 0.1) is 12.8 Å². The molecule has 11 heavy (non-hydrogen) atoms. The predicted octanol–water partition coefficient (Wildman–Crippen LogP) is 2.62. The van der Waals surface area contributed by atoms with Gasteiger partial charge < -0.3 is 4.74 Å². The summed E-state index contributed by atoms with van der Waals surface area (Å²) < 4.78 is 27.7. The lowest BCUT2D eigenvalue weighted by atomic mass is 9.89. The zero-order valence-corrected chi connectivity index (χ0v) is 6.43. The highest BCUT2D eigenvalue weighted by Crippen LogP contribution is 2.26. The molecule has 0 heterocycles. The molecule has 0 aromatic rings. The van der Waals surface area contributed by atoms with Gasteiger partial charge in [0.05, 0.1) is 6.10 Å². The van der Waals surface area contributed by atoms with Crippen molar-refractivity contribution in [1.82, 2.24) is 0 Å². The number of hydrogen-bond acceptors (Lipinski definition) is 1. The minimum absolute atomic E-state index is 0.229. The maximum Gasteiger partial charge on any atom is 0.345 e. The largest absolute Gasteiger partial charge is 0.345 e. The van der Waals surface area contributed by atoms with Crippen LogP contribution >= 0.6 is 0 Å². The van der Waals surface area contributed by atoms with Crippen molar-refractivity contribution in [3.05, 3.63) is 6.92 Å². The lowest BCUT2D eigenvalue weighted by Crippen LogP contribution is -2.22. The molecule has 1 aliphatic carbocycles. The molecule has 0 N–H and O–H groups in total. The maximum absolute atomic E-state index is 11.7. The van der Waals surface area contributed by atoms with Gasteiger partial charge in [-0.05, 0) is 31.6 Å². The lowest BCUT2D eigenvalue weighted by molar-refractivity contribution is -0.170. The second-order valence-electron chi connectivity index (χ2n) is 3.04. The first-order chi connectivity index (χ1) is 5.18. The second kappa shape index (κ2) is 4.00. The van der Waals surface area contributed by atoms with E-state index in [1.807, 2.05) is 0 Å². The SMILES string of the molecule is [CH2]C1CCC(OC(F)F)CC1. The summed E-state index contributed by atoms with van der Waals surface area (Å²) in [5.41, 5.74) is 0. The molecule has 0 amide bonds. The average Bonchev–Trinajstić information content (AvgIpc) is 1.93. The molecule has 0 aromatic carbocycles. The van der Waals surface area contributed by atoms with Crippen LogP contribution in [0.4, 0.5) is 8.78 Å². The van der Waals surface area contributed by atoms with E-state index in [4.69, 9.17) is 0 Å². The summed E-state index contributed by atoms with van der Waals surface area (Å²) in [5, 5.41) is 0. The highest BCUT2D eigenvalue weighted by Gasteiger charge is 2.21. The van der Waals surface area contributed by atoms with Gasteiger partial charge in [-0.25, -0.2) is 0 Å². The zero-order chi connectivity index (χ0) is 8.27. The van der Waals surface area contributed by atoms with Crippen LogP contribution in [0.2, 0.25) is 0 Å². The van der Waals surface area contributed by atoms with Gasteiger partial charge in [-0.1, -0.05) is 6.92 Å². The molecule has 0 saturated heterocycles. The molecular formula is C8H13F2O. The fourth-order valence-electron chi connectivity index (χ4n) is 1.41. The standard InChI is InChI=1S/C8H13F2O/c1-6-2-4-7(5-3-6)11-8(9)10/h6-8H,1-5H2. The van der Waals surface area contributed by atoms with E-state index in [1.54, 1.807) is 0 Å². The van der Waals surface area contributed by atoms with Gasteiger partial charge in [-0.15, -0.1) is 0 Å². The monoisotopic (exact) mass is 163 g/mol. The Morgan fingerprint density at radius 2 is 1.73 bits per heavy atom. The molecule has 0 atom stereocenters. The molecule has 1 rings (SSSR count). The molecule has 0 unspecified atom stereocenters. The Balaban J connectivity index is 2.17. The van der Waals surface area contributed by atoms with Crippen LogP contribution in [0.25, 0.3) is 0 Å². The van der Waals surface area contributed by atoms with E-state index in [1.165, 1.54) is 0 Å². The Kier molecular flexibility index (Phi) is 3.24. The summed E-state index contributed by atoms with van der Waals surface area (Å²) in [6.07, 6.45) is 3.07. The minimum Gasteiger partial charge on any atom is -0.320 e. The average molecular weight is 163 g/mol. The van der Waals surface area contributed by atoms with E-state index in [0.29, 0.717) is 5.92 Å². The third kappa shape index (κ3) is 3.14. The number of rotatable bonds is 2. The molecule has 0 aliphatic heterocycles. The van der Waals surface area contributed by atoms with E-state index in [9.17, 15) is 8.78 Å². The van der Waals surface area contributed by atoms with Crippen LogP contribution < -0.4 is 0 Å². The Morgan fingerprint density at radius 1 is 1.18 bits per heavy atom. The van der Waals surface area contributed by atoms with Gasteiger partial charge in [0.1, 0.15) is 0 Å². The smallest absolute Gasteiger partial charge is 0.320 e. The van der Waals surface area contributed by atoms with Crippen molar-refractivity contribution in [2.45, 2.75) is 38.4 Å². The Labute approximate surface area is 65.7 Å². The normalized spacial score (nSPS) is 32.7. The predicted molar refractivity (Wildman–Crippen MR) is 38.2 cm³/mol. The number of hydrogen-bond donors (Lipinski definition) is 0. The molecule has 3 heteroatoms. The topological polar surface area (TPSA) is 9.23 Å². The molecule has 1 nitrogen and oxygen atoms in total. The molecule has 1 fully saturated rings. The summed E-state index contributed by atoms with van der Waals surface area (Å²) in [6, 6.07) is 0. The van der Waals surface area contributed by atoms with E-state index in [0.717, 1.165) is 25.7 Å². The van der Waals surface area contributed by atoms with Crippen LogP contribution in [0.3, 0.4) is 0 Å². The molecule has 1 aliphatic rings. The molecule has 0 bridgehead atoms. The first-order valence-electron chi connectivity index (χ1n) is 3.95. The molecule has 65 valence electrons. The van der Waals surface area contributed by atoms with Gasteiger partial charge in [0, 0.05) is 0 Å². The molecule has 1 radical (unpaired) electrons. The van der Waals surface area contributed by atoms with Gasteiger partial charge in [0.15, 0.2) is 0 Å². The van der Waals surface area contributed by atoms with Crippen molar-refractivity contribution in [1.29, 1.82) is 0 Å². The van der Waals surface area contributed by atoms with Crippen LogP contribution in [-0.2, 0) is 4.74 Å². The minimum atomic E-state index is -2.61. The van der Waals surface area contributed by atoms with Gasteiger partial charge in [0.25, 0.3) is 0 Å². The van der Waals surface area contributed by atoms with Gasteiger partial charge in [-0.2, -0.15) is 8.78 Å². The molecule has 0 spiro atoms. The van der Waals surface area contributed by atoms with Crippen molar-refractivity contribution < 1.29 is 13.5 Å². The first kappa shape index (κ1) is 8.91. The molecule has 1 saturated carbocycles. The maximum atomic E-state index is 11.7. The third-order valence-electron chi connectivity index (χ3n) is 2.09. The Bertz CT molecular complexity index is 109. The number of ether oxygens (including phenoxy) is 1. The molecular weight excluding hydrogens is 150 g/mol. The highest BCUT2D eigenvalue weighted by atomic mass is 19.3. The van der Waals surface area contributed by atoms with Crippen LogP contribution in [0.1, 0.15) is 25.7 Å². The van der Waals surface area contributed by atoms with Crippen molar-refractivity contribution in [3.8, 4) is 0 Å². The van der Waals surface area contributed by atoms with Crippen LogP contribution in [0.5, 0.6) is 0 Å². The van der Waals surface area contributed by atoms with E-state index < -0.39 is 6.61 Å². The summed E-state index contributed by atoms with van der Waals surface area (Å²) >= 11 is 0. The number of alkyl halides is 2.